The molecule has 0 saturated heterocycles. The SMILES string of the molecule is C=CCCCCCC(NN)c1cc(C)nc(C)c1. The number of unbranched alkanes of at least 4 members (excludes halogenated alkanes) is 3. The van der Waals surface area contributed by atoms with Crippen LogP contribution in [0.4, 0.5) is 0 Å². The summed E-state index contributed by atoms with van der Waals surface area (Å²) in [4.78, 5) is 4.39. The Morgan fingerprint density at radius 2 is 1.94 bits per heavy atom. The topological polar surface area (TPSA) is 50.9 Å². The molecule has 1 aromatic heterocycles. The van der Waals surface area contributed by atoms with Crippen LogP contribution in [0.15, 0.2) is 24.8 Å². The second-order valence-corrected chi connectivity index (χ2v) is 4.83. The summed E-state index contributed by atoms with van der Waals surface area (Å²) in [5.41, 5.74) is 6.26. The number of nitrogens with one attached hydrogen (secondary N) is 1. The van der Waals surface area contributed by atoms with Gasteiger partial charge in [0.05, 0.1) is 0 Å². The first-order chi connectivity index (χ1) is 8.67. The van der Waals surface area contributed by atoms with E-state index >= 15 is 0 Å². The maximum atomic E-state index is 5.66. The first-order valence-electron chi connectivity index (χ1n) is 6.69. The van der Waals surface area contributed by atoms with Crippen molar-refractivity contribution in [3.63, 3.8) is 0 Å². The highest BCUT2D eigenvalue weighted by molar-refractivity contribution is 5.23. The molecule has 0 bridgehead atoms. The monoisotopic (exact) mass is 247 g/mol. The van der Waals surface area contributed by atoms with Crippen molar-refractivity contribution in [1.29, 1.82) is 0 Å². The Hall–Kier alpha value is -1.19. The van der Waals surface area contributed by atoms with E-state index in [9.17, 15) is 0 Å². The minimum Gasteiger partial charge on any atom is -0.271 e. The molecule has 18 heavy (non-hydrogen) atoms. The lowest BCUT2D eigenvalue weighted by molar-refractivity contribution is 0.483. The zero-order valence-corrected chi connectivity index (χ0v) is 11.6. The number of hydrogen-bond acceptors (Lipinski definition) is 3. The fourth-order valence-electron chi connectivity index (χ4n) is 2.23. The van der Waals surface area contributed by atoms with Crippen molar-refractivity contribution in [2.24, 2.45) is 5.84 Å². The lowest BCUT2D eigenvalue weighted by atomic mass is 10.00. The van der Waals surface area contributed by atoms with E-state index < -0.39 is 0 Å². The van der Waals surface area contributed by atoms with Gasteiger partial charge in [0.1, 0.15) is 0 Å². The number of allylic oxidation sites excluding steroid dienone is 1. The van der Waals surface area contributed by atoms with Crippen LogP contribution >= 0.6 is 0 Å². The normalized spacial score (nSPS) is 12.4. The standard InChI is InChI=1S/C15H25N3/c1-4-5-6-7-8-9-15(18-16)14-10-12(2)17-13(3)11-14/h4,10-11,15,18H,1,5-9,16H2,2-3H3. The van der Waals surface area contributed by atoms with Crippen LogP contribution in [0.5, 0.6) is 0 Å². The van der Waals surface area contributed by atoms with Crippen LogP contribution < -0.4 is 11.3 Å². The Morgan fingerprint density at radius 3 is 2.50 bits per heavy atom. The van der Waals surface area contributed by atoms with E-state index in [-0.39, 0.29) is 6.04 Å². The van der Waals surface area contributed by atoms with Crippen molar-refractivity contribution in [2.45, 2.75) is 52.0 Å². The summed E-state index contributed by atoms with van der Waals surface area (Å²) in [5.74, 6) is 5.66. The van der Waals surface area contributed by atoms with Crippen molar-refractivity contribution in [2.75, 3.05) is 0 Å². The fraction of sp³-hybridized carbons (Fsp3) is 0.533. The Labute approximate surface area is 110 Å². The molecular weight excluding hydrogens is 222 g/mol. The van der Waals surface area contributed by atoms with Crippen LogP contribution in [-0.4, -0.2) is 4.98 Å². The molecule has 100 valence electrons. The van der Waals surface area contributed by atoms with Gasteiger partial charge in [0.2, 0.25) is 0 Å². The van der Waals surface area contributed by atoms with Crippen molar-refractivity contribution < 1.29 is 0 Å². The van der Waals surface area contributed by atoms with Gasteiger partial charge in [-0.15, -0.1) is 6.58 Å². The summed E-state index contributed by atoms with van der Waals surface area (Å²) in [6.45, 7) is 7.78. The number of aromatic nitrogens is 1. The first-order valence-corrected chi connectivity index (χ1v) is 6.69. The molecular formula is C15H25N3. The average Bonchev–Trinajstić information content (AvgIpc) is 2.32. The highest BCUT2D eigenvalue weighted by Gasteiger charge is 2.10. The van der Waals surface area contributed by atoms with Crippen LogP contribution in [0.1, 0.15) is 55.1 Å². The van der Waals surface area contributed by atoms with Gasteiger partial charge in [-0.2, -0.15) is 0 Å². The minimum atomic E-state index is 0.231. The smallest absolute Gasteiger partial charge is 0.0461 e. The van der Waals surface area contributed by atoms with E-state index in [2.05, 4.69) is 29.1 Å². The van der Waals surface area contributed by atoms with Gasteiger partial charge in [-0.05, 0) is 50.8 Å². The Morgan fingerprint density at radius 1 is 1.28 bits per heavy atom. The number of hydrogen-bond donors (Lipinski definition) is 2. The molecule has 0 saturated carbocycles. The molecule has 0 spiro atoms. The highest BCUT2D eigenvalue weighted by atomic mass is 15.2. The van der Waals surface area contributed by atoms with Gasteiger partial charge in [0.15, 0.2) is 0 Å². The van der Waals surface area contributed by atoms with Gasteiger partial charge in [0, 0.05) is 17.4 Å². The lowest BCUT2D eigenvalue weighted by Crippen LogP contribution is -2.28. The molecule has 0 aliphatic rings. The number of nitrogens with zero attached hydrogens (tertiary/aromatic N) is 1. The molecule has 0 fully saturated rings. The number of aryl methyl sites for hydroxylation is 2. The lowest BCUT2D eigenvalue weighted by Gasteiger charge is -2.17. The largest absolute Gasteiger partial charge is 0.271 e. The molecule has 1 heterocycles. The van der Waals surface area contributed by atoms with Gasteiger partial charge in [-0.3, -0.25) is 16.3 Å². The fourth-order valence-corrected chi connectivity index (χ4v) is 2.23. The number of nitrogens with two attached hydrogens (primary N) is 1. The van der Waals surface area contributed by atoms with E-state index in [0.29, 0.717) is 0 Å². The Kier molecular flexibility index (Phi) is 6.61. The molecule has 3 N–H and O–H groups in total. The van der Waals surface area contributed by atoms with Gasteiger partial charge in [-0.1, -0.05) is 18.9 Å². The van der Waals surface area contributed by atoms with E-state index in [4.69, 9.17) is 5.84 Å². The molecule has 0 aliphatic carbocycles. The van der Waals surface area contributed by atoms with Crippen molar-refractivity contribution in [1.82, 2.24) is 10.4 Å². The minimum absolute atomic E-state index is 0.231. The number of rotatable bonds is 8. The molecule has 0 amide bonds. The quantitative estimate of drug-likeness (QED) is 0.320. The molecule has 3 nitrogen and oxygen atoms in total. The van der Waals surface area contributed by atoms with Crippen LogP contribution in [0.2, 0.25) is 0 Å². The molecule has 1 unspecified atom stereocenters. The van der Waals surface area contributed by atoms with Gasteiger partial charge in [-0.25, -0.2) is 0 Å². The molecule has 1 aromatic rings. The summed E-state index contributed by atoms with van der Waals surface area (Å²) >= 11 is 0. The number of pyridine rings is 1. The molecule has 0 aliphatic heterocycles. The molecule has 3 heteroatoms. The van der Waals surface area contributed by atoms with Crippen molar-refractivity contribution in [3.05, 3.63) is 41.7 Å². The zero-order chi connectivity index (χ0) is 13.4. The first kappa shape index (κ1) is 14.9. The van der Waals surface area contributed by atoms with Crippen LogP contribution in [0.3, 0.4) is 0 Å². The second-order valence-electron chi connectivity index (χ2n) is 4.83. The van der Waals surface area contributed by atoms with Gasteiger partial charge < -0.3 is 0 Å². The Bertz CT molecular complexity index is 354. The molecule has 1 atom stereocenters. The summed E-state index contributed by atoms with van der Waals surface area (Å²) in [6, 6.07) is 4.46. The molecule has 0 radical (unpaired) electrons. The average molecular weight is 247 g/mol. The summed E-state index contributed by atoms with van der Waals surface area (Å²) in [5, 5.41) is 0. The maximum Gasteiger partial charge on any atom is 0.0461 e. The number of hydrazine groups is 1. The third-order valence-corrected chi connectivity index (χ3v) is 3.11. The summed E-state index contributed by atoms with van der Waals surface area (Å²) in [7, 11) is 0. The van der Waals surface area contributed by atoms with Crippen LogP contribution in [0, 0.1) is 13.8 Å². The van der Waals surface area contributed by atoms with E-state index in [1.165, 1.54) is 24.8 Å². The summed E-state index contributed by atoms with van der Waals surface area (Å²) in [6.07, 6.45) is 7.78. The third-order valence-electron chi connectivity index (χ3n) is 3.11. The predicted octanol–water partition coefficient (Wildman–Crippen LogP) is 3.34. The van der Waals surface area contributed by atoms with E-state index in [0.717, 1.165) is 24.2 Å². The molecule has 0 aromatic carbocycles. The van der Waals surface area contributed by atoms with E-state index in [1.807, 2.05) is 19.9 Å². The van der Waals surface area contributed by atoms with Crippen molar-refractivity contribution in [3.8, 4) is 0 Å². The zero-order valence-electron chi connectivity index (χ0n) is 11.6. The Balaban J connectivity index is 2.51. The maximum absolute atomic E-state index is 5.66. The van der Waals surface area contributed by atoms with E-state index in [1.54, 1.807) is 0 Å². The van der Waals surface area contributed by atoms with Crippen molar-refractivity contribution >= 4 is 0 Å². The van der Waals surface area contributed by atoms with Crippen LogP contribution in [-0.2, 0) is 0 Å². The summed E-state index contributed by atoms with van der Waals surface area (Å²) < 4.78 is 0. The molecule has 1 rings (SSSR count). The second kappa shape index (κ2) is 8.01. The van der Waals surface area contributed by atoms with Gasteiger partial charge in [0.25, 0.3) is 0 Å². The predicted molar refractivity (Wildman–Crippen MR) is 77.1 cm³/mol. The highest BCUT2D eigenvalue weighted by Crippen LogP contribution is 2.20. The van der Waals surface area contributed by atoms with Crippen LogP contribution in [0.25, 0.3) is 0 Å². The van der Waals surface area contributed by atoms with Gasteiger partial charge >= 0.3 is 0 Å². The third kappa shape index (κ3) is 4.98.